The molecule has 0 aliphatic rings. The third-order valence-corrected chi connectivity index (χ3v) is 3.31. The van der Waals surface area contributed by atoms with E-state index < -0.39 is 0 Å². The largest absolute Gasteiger partial charge is 0.471 e. The zero-order valence-electron chi connectivity index (χ0n) is 12.9. The Kier molecular flexibility index (Phi) is 3.92. The fourth-order valence-corrected chi connectivity index (χ4v) is 2.11. The smallest absolute Gasteiger partial charge is 0.245 e. The normalized spacial score (nSPS) is 11.1. The second-order valence-electron chi connectivity index (χ2n) is 5.46. The molecule has 0 amide bonds. The molecule has 0 bridgehead atoms. The van der Waals surface area contributed by atoms with E-state index in [-0.39, 0.29) is 29.4 Å². The monoisotopic (exact) mass is 311 g/mol. The van der Waals surface area contributed by atoms with Crippen LogP contribution < -0.4 is 10.5 Å². The van der Waals surface area contributed by atoms with E-state index in [0.717, 1.165) is 5.56 Å². The van der Waals surface area contributed by atoms with Crippen LogP contribution in [0.25, 0.3) is 11.2 Å². The van der Waals surface area contributed by atoms with Gasteiger partial charge in [-0.1, -0.05) is 44.2 Å². The Labute approximate surface area is 132 Å². The summed E-state index contributed by atoms with van der Waals surface area (Å²) in [4.78, 5) is 27.4. The average molecular weight is 311 g/mol. The number of carbonyl (C=O) groups excluding carboxylic acids is 1. The molecule has 0 unspecified atom stereocenters. The Hall–Kier alpha value is -2.96. The molecule has 0 spiro atoms. The Morgan fingerprint density at radius 1 is 1.22 bits per heavy atom. The number of hydrogen-bond acceptors (Lipinski definition) is 6. The number of carbonyl (C=O) groups is 1. The minimum atomic E-state index is -0.172. The van der Waals surface area contributed by atoms with Gasteiger partial charge in [0.1, 0.15) is 12.1 Å². The summed E-state index contributed by atoms with van der Waals surface area (Å²) in [5, 5.41) is 0. The molecule has 0 aliphatic heterocycles. The zero-order chi connectivity index (χ0) is 16.4. The van der Waals surface area contributed by atoms with E-state index in [2.05, 4.69) is 19.9 Å². The topological polar surface area (TPSA) is 107 Å². The number of imidazole rings is 1. The number of aromatic amines is 1. The van der Waals surface area contributed by atoms with Crippen LogP contribution in [0.1, 0.15) is 30.0 Å². The molecule has 7 nitrogen and oxygen atoms in total. The molecule has 2 aromatic heterocycles. The summed E-state index contributed by atoms with van der Waals surface area (Å²) in [6.45, 7) is 3.95. The van der Waals surface area contributed by atoms with Gasteiger partial charge >= 0.3 is 0 Å². The maximum absolute atomic E-state index is 12.1. The second-order valence-corrected chi connectivity index (χ2v) is 5.46. The lowest BCUT2D eigenvalue weighted by Crippen LogP contribution is -2.09. The van der Waals surface area contributed by atoms with Gasteiger partial charge in [0.2, 0.25) is 17.6 Å². The fraction of sp³-hybridized carbons (Fsp3) is 0.250. The van der Waals surface area contributed by atoms with Gasteiger partial charge in [-0.3, -0.25) is 4.79 Å². The molecule has 0 saturated heterocycles. The number of aromatic nitrogens is 4. The van der Waals surface area contributed by atoms with Gasteiger partial charge in [0.05, 0.1) is 0 Å². The molecular formula is C16H17N5O2. The lowest BCUT2D eigenvalue weighted by molar-refractivity contribution is 0.0930. The van der Waals surface area contributed by atoms with Crippen molar-refractivity contribution in [2.24, 2.45) is 5.92 Å². The van der Waals surface area contributed by atoms with Gasteiger partial charge in [0, 0.05) is 5.92 Å². The van der Waals surface area contributed by atoms with E-state index in [9.17, 15) is 4.79 Å². The van der Waals surface area contributed by atoms with Crippen LogP contribution in [0.15, 0.2) is 30.3 Å². The molecule has 3 N–H and O–H groups in total. The van der Waals surface area contributed by atoms with Gasteiger partial charge in [-0.2, -0.15) is 9.97 Å². The van der Waals surface area contributed by atoms with Crippen molar-refractivity contribution in [1.29, 1.82) is 0 Å². The van der Waals surface area contributed by atoms with Crippen LogP contribution >= 0.6 is 0 Å². The molecule has 7 heteroatoms. The van der Waals surface area contributed by atoms with E-state index in [1.807, 2.05) is 44.2 Å². The highest BCUT2D eigenvalue weighted by molar-refractivity contribution is 5.97. The third kappa shape index (κ3) is 3.13. The first kappa shape index (κ1) is 15.0. The van der Waals surface area contributed by atoms with Crippen molar-refractivity contribution in [2.75, 3.05) is 5.73 Å². The number of nitrogens with one attached hydrogen (secondary N) is 1. The Morgan fingerprint density at radius 3 is 2.65 bits per heavy atom. The number of fused-ring (bicyclic) bond motifs is 1. The van der Waals surface area contributed by atoms with Crippen LogP contribution in [-0.2, 0) is 6.61 Å². The van der Waals surface area contributed by atoms with Crippen molar-refractivity contribution in [3.8, 4) is 5.88 Å². The summed E-state index contributed by atoms with van der Waals surface area (Å²) < 4.78 is 5.73. The first-order valence-corrected chi connectivity index (χ1v) is 7.28. The quantitative estimate of drug-likeness (QED) is 0.700. The van der Waals surface area contributed by atoms with Crippen LogP contribution in [0.3, 0.4) is 0 Å². The zero-order valence-corrected chi connectivity index (χ0v) is 12.9. The number of nitrogen functional groups attached to an aromatic ring is 1. The van der Waals surface area contributed by atoms with E-state index in [1.165, 1.54) is 0 Å². The lowest BCUT2D eigenvalue weighted by Gasteiger charge is -2.06. The molecule has 3 aromatic rings. The number of H-pyrrole nitrogens is 1. The maximum Gasteiger partial charge on any atom is 0.245 e. The van der Waals surface area contributed by atoms with Crippen LogP contribution in [0.5, 0.6) is 5.88 Å². The average Bonchev–Trinajstić information content (AvgIpc) is 2.96. The van der Waals surface area contributed by atoms with Gasteiger partial charge in [-0.25, -0.2) is 4.98 Å². The number of anilines is 1. The molecule has 1 aromatic carbocycles. The van der Waals surface area contributed by atoms with Crippen molar-refractivity contribution < 1.29 is 9.53 Å². The second kappa shape index (κ2) is 6.04. The van der Waals surface area contributed by atoms with Gasteiger partial charge in [0.25, 0.3) is 0 Å². The summed E-state index contributed by atoms with van der Waals surface area (Å²) in [7, 11) is 0. The molecule has 0 atom stereocenters. The fourth-order valence-electron chi connectivity index (χ4n) is 2.11. The summed E-state index contributed by atoms with van der Waals surface area (Å²) in [5.41, 5.74) is 7.49. The number of hydrogen-bond donors (Lipinski definition) is 2. The summed E-state index contributed by atoms with van der Waals surface area (Å²) in [6.07, 6.45) is 0. The minimum absolute atomic E-state index is 0.0515. The standard InChI is InChI=1S/C16H17N5O2/c1-9(2)12(22)14-18-11-13(19-14)20-16(17)21-15(11)23-8-10-6-4-3-5-7-10/h3-7,9H,8H2,1-2H3,(H3,17,18,19,20,21). The molecule has 0 fully saturated rings. The molecule has 0 aliphatic carbocycles. The van der Waals surface area contributed by atoms with E-state index >= 15 is 0 Å². The highest BCUT2D eigenvalue weighted by Crippen LogP contribution is 2.23. The Morgan fingerprint density at radius 2 is 1.96 bits per heavy atom. The van der Waals surface area contributed by atoms with Crippen LogP contribution in [-0.4, -0.2) is 25.7 Å². The summed E-state index contributed by atoms with van der Waals surface area (Å²) in [5.74, 6) is 0.298. The van der Waals surface area contributed by atoms with E-state index in [4.69, 9.17) is 10.5 Å². The predicted octanol–water partition coefficient (Wildman–Crippen LogP) is 2.35. The van der Waals surface area contributed by atoms with Gasteiger partial charge in [-0.05, 0) is 5.56 Å². The molecule has 3 rings (SSSR count). The van der Waals surface area contributed by atoms with Crippen molar-refractivity contribution in [2.45, 2.75) is 20.5 Å². The highest BCUT2D eigenvalue weighted by atomic mass is 16.5. The van der Waals surface area contributed by atoms with Gasteiger partial charge in [-0.15, -0.1) is 0 Å². The Bertz CT molecular complexity index is 842. The van der Waals surface area contributed by atoms with Crippen molar-refractivity contribution in [1.82, 2.24) is 19.9 Å². The van der Waals surface area contributed by atoms with Crippen molar-refractivity contribution in [3.63, 3.8) is 0 Å². The highest BCUT2D eigenvalue weighted by Gasteiger charge is 2.19. The minimum Gasteiger partial charge on any atom is -0.471 e. The van der Waals surface area contributed by atoms with Crippen molar-refractivity contribution >= 4 is 22.9 Å². The molecular weight excluding hydrogens is 294 g/mol. The van der Waals surface area contributed by atoms with Crippen LogP contribution in [0, 0.1) is 5.92 Å². The number of ketones is 1. The molecule has 23 heavy (non-hydrogen) atoms. The first-order valence-electron chi connectivity index (χ1n) is 7.28. The third-order valence-electron chi connectivity index (χ3n) is 3.31. The number of Topliss-reactive ketones (excluding diaryl/α,β-unsaturated/α-hetero) is 1. The molecule has 118 valence electrons. The number of benzene rings is 1. The first-order chi connectivity index (χ1) is 11.0. The van der Waals surface area contributed by atoms with Crippen LogP contribution in [0.2, 0.25) is 0 Å². The predicted molar refractivity (Wildman–Crippen MR) is 86.0 cm³/mol. The molecule has 0 saturated carbocycles. The van der Waals surface area contributed by atoms with Gasteiger partial charge in [0.15, 0.2) is 11.5 Å². The van der Waals surface area contributed by atoms with E-state index in [0.29, 0.717) is 17.8 Å². The summed E-state index contributed by atoms with van der Waals surface area (Å²) >= 11 is 0. The molecule has 0 radical (unpaired) electrons. The van der Waals surface area contributed by atoms with E-state index in [1.54, 1.807) is 0 Å². The summed E-state index contributed by atoms with van der Waals surface area (Å²) in [6, 6.07) is 9.68. The van der Waals surface area contributed by atoms with Crippen molar-refractivity contribution in [3.05, 3.63) is 41.7 Å². The number of ether oxygens (including phenoxy) is 1. The number of rotatable bonds is 5. The SMILES string of the molecule is CC(C)C(=O)c1nc2nc(N)nc(OCc3ccccc3)c2[nH]1. The number of nitrogens with two attached hydrogens (primary N) is 1. The molecule has 2 heterocycles. The Balaban J connectivity index is 1.94. The van der Waals surface area contributed by atoms with Gasteiger partial charge < -0.3 is 15.5 Å². The maximum atomic E-state index is 12.1. The lowest BCUT2D eigenvalue weighted by atomic mass is 10.1. The number of nitrogens with zero attached hydrogens (tertiary/aromatic N) is 3. The van der Waals surface area contributed by atoms with Crippen LogP contribution in [0.4, 0.5) is 5.95 Å².